The van der Waals surface area contributed by atoms with Gasteiger partial charge >= 0.3 is 0 Å². The van der Waals surface area contributed by atoms with Gasteiger partial charge in [0.25, 0.3) is 0 Å². The fraction of sp³-hybridized carbons (Fsp3) is 0.909. The van der Waals surface area contributed by atoms with Crippen LogP contribution in [-0.2, 0) is 4.79 Å². The molecule has 14 heavy (non-hydrogen) atoms. The lowest BCUT2D eigenvalue weighted by Crippen LogP contribution is -2.35. The molecule has 1 amide bonds. The van der Waals surface area contributed by atoms with Crippen LogP contribution >= 0.6 is 0 Å². The zero-order chi connectivity index (χ0) is 10.8. The number of likely N-dealkylation sites (N-methyl/N-ethyl adjacent to an activating group) is 1. The summed E-state index contributed by atoms with van der Waals surface area (Å²) in [4.78, 5) is 13.4. The van der Waals surface area contributed by atoms with Gasteiger partial charge in [-0.3, -0.25) is 9.69 Å². The van der Waals surface area contributed by atoms with E-state index in [1.54, 1.807) is 0 Å². The molecule has 0 fully saturated rings. The first-order valence-corrected chi connectivity index (χ1v) is 5.66. The van der Waals surface area contributed by atoms with Gasteiger partial charge in [0.2, 0.25) is 5.91 Å². The van der Waals surface area contributed by atoms with Gasteiger partial charge in [-0.1, -0.05) is 26.7 Å². The molecule has 0 aliphatic heterocycles. The molecular formula is C11H24N2O. The number of nitrogens with zero attached hydrogens (tertiary/aromatic N) is 1. The van der Waals surface area contributed by atoms with Crippen LogP contribution in [0.1, 0.15) is 39.5 Å². The lowest BCUT2D eigenvalue weighted by molar-refractivity contribution is -0.121. The van der Waals surface area contributed by atoms with Gasteiger partial charge in [-0.25, -0.2) is 0 Å². The molecule has 0 rings (SSSR count). The van der Waals surface area contributed by atoms with E-state index in [9.17, 15) is 4.79 Å². The summed E-state index contributed by atoms with van der Waals surface area (Å²) in [6.45, 7) is 6.63. The minimum absolute atomic E-state index is 0.150. The van der Waals surface area contributed by atoms with Crippen molar-refractivity contribution in [3.05, 3.63) is 0 Å². The summed E-state index contributed by atoms with van der Waals surface area (Å²) in [7, 11) is 1.98. The molecule has 0 atom stereocenters. The number of nitrogens with one attached hydrogen (secondary N) is 1. The first-order chi connectivity index (χ1) is 6.70. The van der Waals surface area contributed by atoms with Crippen molar-refractivity contribution in [3.8, 4) is 0 Å². The molecule has 0 spiro atoms. The van der Waals surface area contributed by atoms with Crippen LogP contribution in [-0.4, -0.2) is 37.5 Å². The Morgan fingerprint density at radius 3 is 2.50 bits per heavy atom. The molecule has 3 heteroatoms. The van der Waals surface area contributed by atoms with Crippen LogP contribution in [0.15, 0.2) is 0 Å². The summed E-state index contributed by atoms with van der Waals surface area (Å²) in [5.74, 6) is 0.150. The number of hydrogen-bond donors (Lipinski definition) is 1. The van der Waals surface area contributed by atoms with E-state index in [-0.39, 0.29) is 5.91 Å². The van der Waals surface area contributed by atoms with Crippen LogP contribution in [0.2, 0.25) is 0 Å². The molecule has 0 aromatic carbocycles. The van der Waals surface area contributed by atoms with Crippen molar-refractivity contribution in [1.29, 1.82) is 0 Å². The van der Waals surface area contributed by atoms with E-state index >= 15 is 0 Å². The van der Waals surface area contributed by atoms with Gasteiger partial charge in [-0.05, 0) is 26.4 Å². The molecule has 0 radical (unpaired) electrons. The van der Waals surface area contributed by atoms with Gasteiger partial charge in [-0.2, -0.15) is 0 Å². The van der Waals surface area contributed by atoms with E-state index in [4.69, 9.17) is 0 Å². The number of unbranched alkanes of at least 4 members (excludes halogenated alkanes) is 2. The van der Waals surface area contributed by atoms with Gasteiger partial charge in [0, 0.05) is 6.54 Å². The predicted octanol–water partition coefficient (Wildman–Crippen LogP) is 1.63. The zero-order valence-electron chi connectivity index (χ0n) is 9.81. The molecule has 0 unspecified atom stereocenters. The Morgan fingerprint density at radius 1 is 1.21 bits per heavy atom. The molecule has 0 heterocycles. The van der Waals surface area contributed by atoms with E-state index in [1.807, 2.05) is 7.05 Å². The maximum absolute atomic E-state index is 11.3. The molecule has 0 aliphatic carbocycles. The molecule has 0 aromatic rings. The van der Waals surface area contributed by atoms with Crippen molar-refractivity contribution in [2.75, 3.05) is 26.7 Å². The van der Waals surface area contributed by atoms with Crippen LogP contribution in [0.5, 0.6) is 0 Å². The molecule has 0 bridgehead atoms. The standard InChI is InChI=1S/C11H24N2O/c1-4-6-7-8-12-11(14)10-13(3)9-5-2/h4-10H2,1-3H3,(H,12,14). The number of hydrogen-bond acceptors (Lipinski definition) is 2. The number of amides is 1. The molecule has 0 aromatic heterocycles. The summed E-state index contributed by atoms with van der Waals surface area (Å²) in [6, 6.07) is 0. The highest BCUT2D eigenvalue weighted by molar-refractivity contribution is 5.77. The molecule has 0 saturated heterocycles. The van der Waals surface area contributed by atoms with Gasteiger partial charge in [0.05, 0.1) is 6.54 Å². The van der Waals surface area contributed by atoms with Gasteiger partial charge < -0.3 is 5.32 Å². The largest absolute Gasteiger partial charge is 0.355 e. The maximum Gasteiger partial charge on any atom is 0.234 e. The van der Waals surface area contributed by atoms with Crippen LogP contribution in [0.25, 0.3) is 0 Å². The topological polar surface area (TPSA) is 32.3 Å². The number of rotatable bonds is 8. The van der Waals surface area contributed by atoms with E-state index in [2.05, 4.69) is 24.1 Å². The fourth-order valence-electron chi connectivity index (χ4n) is 1.36. The Hall–Kier alpha value is -0.570. The summed E-state index contributed by atoms with van der Waals surface area (Å²) < 4.78 is 0. The van der Waals surface area contributed by atoms with Crippen molar-refractivity contribution in [2.24, 2.45) is 0 Å². The highest BCUT2D eigenvalue weighted by Gasteiger charge is 2.03. The van der Waals surface area contributed by atoms with Crippen molar-refractivity contribution < 1.29 is 4.79 Å². The van der Waals surface area contributed by atoms with Crippen molar-refractivity contribution in [3.63, 3.8) is 0 Å². The third-order valence-corrected chi connectivity index (χ3v) is 2.12. The van der Waals surface area contributed by atoms with Crippen molar-refractivity contribution in [1.82, 2.24) is 10.2 Å². The lowest BCUT2D eigenvalue weighted by Gasteiger charge is -2.14. The molecular weight excluding hydrogens is 176 g/mol. The van der Waals surface area contributed by atoms with Crippen LogP contribution in [0.4, 0.5) is 0 Å². The number of carbonyl (C=O) groups excluding carboxylic acids is 1. The van der Waals surface area contributed by atoms with E-state index in [0.29, 0.717) is 6.54 Å². The molecule has 3 nitrogen and oxygen atoms in total. The first-order valence-electron chi connectivity index (χ1n) is 5.66. The summed E-state index contributed by atoms with van der Waals surface area (Å²) in [5.41, 5.74) is 0. The normalized spacial score (nSPS) is 10.6. The second-order valence-electron chi connectivity index (χ2n) is 3.79. The fourth-order valence-corrected chi connectivity index (χ4v) is 1.36. The van der Waals surface area contributed by atoms with Gasteiger partial charge in [0.15, 0.2) is 0 Å². The molecule has 84 valence electrons. The van der Waals surface area contributed by atoms with Crippen LogP contribution in [0, 0.1) is 0 Å². The van der Waals surface area contributed by atoms with E-state index < -0.39 is 0 Å². The van der Waals surface area contributed by atoms with E-state index in [0.717, 1.165) is 25.9 Å². The summed E-state index contributed by atoms with van der Waals surface area (Å²) >= 11 is 0. The Labute approximate surface area is 87.9 Å². The third-order valence-electron chi connectivity index (χ3n) is 2.12. The van der Waals surface area contributed by atoms with Crippen LogP contribution in [0.3, 0.4) is 0 Å². The maximum atomic E-state index is 11.3. The SMILES string of the molecule is CCCCCNC(=O)CN(C)CCC. The molecule has 0 aliphatic rings. The molecule has 1 N–H and O–H groups in total. The first kappa shape index (κ1) is 13.4. The second-order valence-corrected chi connectivity index (χ2v) is 3.79. The van der Waals surface area contributed by atoms with Crippen molar-refractivity contribution in [2.45, 2.75) is 39.5 Å². The number of carbonyl (C=O) groups is 1. The average Bonchev–Trinajstić information content (AvgIpc) is 2.13. The second kappa shape index (κ2) is 9.00. The zero-order valence-corrected chi connectivity index (χ0v) is 9.81. The molecule has 0 saturated carbocycles. The summed E-state index contributed by atoms with van der Waals surface area (Å²) in [5, 5.41) is 2.93. The highest BCUT2D eigenvalue weighted by atomic mass is 16.1. The minimum Gasteiger partial charge on any atom is -0.355 e. The predicted molar refractivity (Wildman–Crippen MR) is 60.3 cm³/mol. The summed E-state index contributed by atoms with van der Waals surface area (Å²) in [6.07, 6.45) is 4.59. The minimum atomic E-state index is 0.150. The van der Waals surface area contributed by atoms with E-state index in [1.165, 1.54) is 12.8 Å². The Morgan fingerprint density at radius 2 is 1.93 bits per heavy atom. The smallest absolute Gasteiger partial charge is 0.234 e. The van der Waals surface area contributed by atoms with Gasteiger partial charge in [0.1, 0.15) is 0 Å². The Kier molecular flexibility index (Phi) is 8.64. The third kappa shape index (κ3) is 8.05. The Balaban J connectivity index is 3.35. The monoisotopic (exact) mass is 200 g/mol. The van der Waals surface area contributed by atoms with Crippen molar-refractivity contribution >= 4 is 5.91 Å². The van der Waals surface area contributed by atoms with Gasteiger partial charge in [-0.15, -0.1) is 0 Å². The average molecular weight is 200 g/mol. The lowest BCUT2D eigenvalue weighted by atomic mass is 10.2. The van der Waals surface area contributed by atoms with Crippen LogP contribution < -0.4 is 5.32 Å². The Bertz CT molecular complexity index is 148. The quantitative estimate of drug-likeness (QED) is 0.604. The highest BCUT2D eigenvalue weighted by Crippen LogP contribution is 1.91.